The molecule has 108 valence electrons. The van der Waals surface area contributed by atoms with Gasteiger partial charge in [0.1, 0.15) is 12.2 Å². The summed E-state index contributed by atoms with van der Waals surface area (Å²) in [6.45, 7) is 9.51. The molecule has 2 rings (SSSR count). The third kappa shape index (κ3) is 3.32. The van der Waals surface area contributed by atoms with Crippen LogP contribution in [0.1, 0.15) is 39.0 Å². The van der Waals surface area contributed by atoms with Crippen LogP contribution in [-0.2, 0) is 11.3 Å². The van der Waals surface area contributed by atoms with Crippen LogP contribution in [0.15, 0.2) is 6.20 Å². The van der Waals surface area contributed by atoms with E-state index in [0.717, 1.165) is 31.7 Å². The van der Waals surface area contributed by atoms with Crippen LogP contribution < -0.4 is 0 Å². The minimum atomic E-state index is -0.664. The second kappa shape index (κ2) is 6.45. The number of aliphatic hydroxyl groups is 1. The van der Waals surface area contributed by atoms with Crippen LogP contribution in [0.5, 0.6) is 0 Å². The highest BCUT2D eigenvalue weighted by atomic mass is 16.5. The Labute approximate surface area is 114 Å². The largest absolute Gasteiger partial charge is 0.384 e. The van der Waals surface area contributed by atoms with Crippen molar-refractivity contribution in [2.45, 2.75) is 52.0 Å². The molecule has 6 heteroatoms. The van der Waals surface area contributed by atoms with Gasteiger partial charge >= 0.3 is 0 Å². The van der Waals surface area contributed by atoms with Crippen molar-refractivity contribution >= 4 is 0 Å². The molecule has 0 bridgehead atoms. The molecule has 0 spiro atoms. The van der Waals surface area contributed by atoms with Crippen molar-refractivity contribution in [3.8, 4) is 0 Å². The normalized spacial score (nSPS) is 22.9. The zero-order chi connectivity index (χ0) is 13.8. The van der Waals surface area contributed by atoms with E-state index in [2.05, 4.69) is 36.0 Å². The molecule has 0 saturated carbocycles. The van der Waals surface area contributed by atoms with Crippen molar-refractivity contribution < 1.29 is 9.84 Å². The minimum Gasteiger partial charge on any atom is -0.384 e. The van der Waals surface area contributed by atoms with Gasteiger partial charge in [-0.15, -0.1) is 5.10 Å². The van der Waals surface area contributed by atoms with Crippen LogP contribution >= 0.6 is 0 Å². The van der Waals surface area contributed by atoms with Crippen molar-refractivity contribution in [3.05, 3.63) is 11.9 Å². The Morgan fingerprint density at radius 1 is 1.53 bits per heavy atom. The summed E-state index contributed by atoms with van der Waals surface area (Å²) in [5.41, 5.74) is 0.748. The maximum atomic E-state index is 10.5. The molecule has 6 nitrogen and oxygen atoms in total. The van der Waals surface area contributed by atoms with E-state index < -0.39 is 6.10 Å². The van der Waals surface area contributed by atoms with Crippen LogP contribution in [0.2, 0.25) is 0 Å². The standard InChI is InChI=1S/C13H24N4O2/c1-4-5-17-11(8-14-15-17)13(18)12-9-16(10(2)3)6-7-19-12/h8,10,12-13,18H,4-7,9H2,1-3H3. The number of ether oxygens (including phenoxy) is 1. The van der Waals surface area contributed by atoms with Crippen LogP contribution in [0, 0.1) is 0 Å². The maximum absolute atomic E-state index is 10.5. The Hall–Kier alpha value is -0.980. The summed E-state index contributed by atoms with van der Waals surface area (Å²) in [7, 11) is 0. The van der Waals surface area contributed by atoms with Gasteiger partial charge in [0, 0.05) is 25.7 Å². The highest BCUT2D eigenvalue weighted by Gasteiger charge is 2.30. The first-order valence-corrected chi connectivity index (χ1v) is 7.05. The number of nitrogens with zero attached hydrogens (tertiary/aromatic N) is 4. The van der Waals surface area contributed by atoms with Gasteiger partial charge < -0.3 is 9.84 Å². The summed E-state index contributed by atoms with van der Waals surface area (Å²) >= 11 is 0. The predicted molar refractivity (Wildman–Crippen MR) is 71.7 cm³/mol. The number of hydrogen-bond acceptors (Lipinski definition) is 5. The molecule has 1 fully saturated rings. The topological polar surface area (TPSA) is 63.4 Å². The Kier molecular flexibility index (Phi) is 4.90. The van der Waals surface area contributed by atoms with Gasteiger partial charge in [-0.3, -0.25) is 4.90 Å². The molecule has 0 aliphatic carbocycles. The van der Waals surface area contributed by atoms with Crippen molar-refractivity contribution in [3.63, 3.8) is 0 Å². The highest BCUT2D eigenvalue weighted by Crippen LogP contribution is 2.22. The van der Waals surface area contributed by atoms with Crippen LogP contribution in [-0.4, -0.2) is 56.8 Å². The number of morpholine rings is 1. The lowest BCUT2D eigenvalue weighted by Gasteiger charge is -2.37. The number of aliphatic hydroxyl groups excluding tert-OH is 1. The number of aromatic nitrogens is 3. The van der Waals surface area contributed by atoms with Gasteiger partial charge in [-0.2, -0.15) is 0 Å². The summed E-state index contributed by atoms with van der Waals surface area (Å²) in [6.07, 6.45) is 1.73. The summed E-state index contributed by atoms with van der Waals surface area (Å²) in [6, 6.07) is 0.470. The Morgan fingerprint density at radius 3 is 3.00 bits per heavy atom. The van der Waals surface area contributed by atoms with Crippen LogP contribution in [0.3, 0.4) is 0 Å². The fourth-order valence-electron chi connectivity index (χ4n) is 2.43. The first-order valence-electron chi connectivity index (χ1n) is 7.05. The fraction of sp³-hybridized carbons (Fsp3) is 0.846. The number of aryl methyl sites for hydroxylation is 1. The van der Waals surface area contributed by atoms with Gasteiger partial charge in [-0.05, 0) is 20.3 Å². The van der Waals surface area contributed by atoms with Crippen LogP contribution in [0.4, 0.5) is 0 Å². The van der Waals surface area contributed by atoms with Gasteiger partial charge in [-0.25, -0.2) is 4.68 Å². The summed E-state index contributed by atoms with van der Waals surface area (Å²) in [4.78, 5) is 2.32. The lowest BCUT2D eigenvalue weighted by atomic mass is 10.1. The third-order valence-corrected chi connectivity index (χ3v) is 3.59. The smallest absolute Gasteiger partial charge is 0.125 e. The maximum Gasteiger partial charge on any atom is 0.125 e. The van der Waals surface area contributed by atoms with E-state index in [1.54, 1.807) is 10.9 Å². The second-order valence-corrected chi connectivity index (χ2v) is 5.32. The monoisotopic (exact) mass is 268 g/mol. The Morgan fingerprint density at radius 2 is 2.32 bits per heavy atom. The first kappa shape index (κ1) is 14.4. The summed E-state index contributed by atoms with van der Waals surface area (Å²) < 4.78 is 7.48. The molecule has 0 amide bonds. The molecule has 2 unspecified atom stereocenters. The fourth-order valence-corrected chi connectivity index (χ4v) is 2.43. The molecule has 2 heterocycles. The molecule has 19 heavy (non-hydrogen) atoms. The SMILES string of the molecule is CCCn1nncc1C(O)C1CN(C(C)C)CCO1. The highest BCUT2D eigenvalue weighted by molar-refractivity contribution is 5.03. The predicted octanol–water partition coefficient (Wildman–Crippen LogP) is 0.831. The molecule has 1 saturated heterocycles. The Balaban J connectivity index is 2.05. The molecule has 1 aliphatic rings. The van der Waals surface area contributed by atoms with Crippen molar-refractivity contribution in [1.82, 2.24) is 19.9 Å². The zero-order valence-electron chi connectivity index (χ0n) is 12.0. The van der Waals surface area contributed by atoms with Gasteiger partial charge in [0.15, 0.2) is 0 Å². The molecule has 1 aliphatic heterocycles. The van der Waals surface area contributed by atoms with Crippen molar-refractivity contribution in [2.24, 2.45) is 0 Å². The van der Waals surface area contributed by atoms with Gasteiger partial charge in [0.25, 0.3) is 0 Å². The minimum absolute atomic E-state index is 0.203. The lowest BCUT2D eigenvalue weighted by molar-refractivity contribution is -0.0983. The average molecular weight is 268 g/mol. The quantitative estimate of drug-likeness (QED) is 0.857. The van der Waals surface area contributed by atoms with Crippen molar-refractivity contribution in [2.75, 3.05) is 19.7 Å². The van der Waals surface area contributed by atoms with E-state index in [1.807, 2.05) is 0 Å². The third-order valence-electron chi connectivity index (χ3n) is 3.59. The molecule has 0 radical (unpaired) electrons. The van der Waals surface area contributed by atoms with Crippen LogP contribution in [0.25, 0.3) is 0 Å². The zero-order valence-corrected chi connectivity index (χ0v) is 12.0. The van der Waals surface area contributed by atoms with Gasteiger partial charge in [0.2, 0.25) is 0 Å². The first-order chi connectivity index (χ1) is 9.13. The van der Waals surface area contributed by atoms with E-state index in [0.29, 0.717) is 12.6 Å². The summed E-state index contributed by atoms with van der Waals surface area (Å²) in [5, 5.41) is 18.4. The van der Waals surface area contributed by atoms with Gasteiger partial charge in [-0.1, -0.05) is 12.1 Å². The average Bonchev–Trinajstić information content (AvgIpc) is 2.86. The molecule has 1 N–H and O–H groups in total. The second-order valence-electron chi connectivity index (χ2n) is 5.32. The molecule has 0 aromatic carbocycles. The molecule has 2 atom stereocenters. The molecular weight excluding hydrogens is 244 g/mol. The van der Waals surface area contributed by atoms with Crippen molar-refractivity contribution in [1.29, 1.82) is 0 Å². The van der Waals surface area contributed by atoms with E-state index >= 15 is 0 Å². The van der Waals surface area contributed by atoms with E-state index in [-0.39, 0.29) is 6.10 Å². The van der Waals surface area contributed by atoms with E-state index in [9.17, 15) is 5.11 Å². The number of rotatable bonds is 5. The van der Waals surface area contributed by atoms with E-state index in [4.69, 9.17) is 4.74 Å². The lowest BCUT2D eigenvalue weighted by Crippen LogP contribution is -2.48. The van der Waals surface area contributed by atoms with Gasteiger partial charge in [0.05, 0.1) is 18.5 Å². The van der Waals surface area contributed by atoms with E-state index in [1.165, 1.54) is 0 Å². The molecule has 1 aromatic rings. The molecule has 1 aromatic heterocycles. The molecular formula is C13H24N4O2. The summed E-state index contributed by atoms with van der Waals surface area (Å²) in [5.74, 6) is 0. The Bertz CT molecular complexity index is 394. The number of hydrogen-bond donors (Lipinski definition) is 1.